The van der Waals surface area contributed by atoms with Gasteiger partial charge in [-0.1, -0.05) is 48.5 Å². The highest BCUT2D eigenvalue weighted by Gasteiger charge is 2.21. The third-order valence-electron chi connectivity index (χ3n) is 7.85. The zero-order valence-electron chi connectivity index (χ0n) is 24.6. The van der Waals surface area contributed by atoms with E-state index in [4.69, 9.17) is 9.47 Å². The normalized spacial score (nSPS) is 13.5. The molecule has 0 radical (unpaired) electrons. The maximum absolute atomic E-state index is 12.1. The molecule has 4 heterocycles. The summed E-state index contributed by atoms with van der Waals surface area (Å²) in [6.45, 7) is 6.41. The lowest BCUT2D eigenvalue weighted by Gasteiger charge is -2.35. The molecule has 224 valence electrons. The summed E-state index contributed by atoms with van der Waals surface area (Å²) in [6.07, 6.45) is 1.34. The van der Waals surface area contributed by atoms with E-state index in [0.29, 0.717) is 30.6 Å². The van der Waals surface area contributed by atoms with Crippen LogP contribution in [-0.2, 0) is 13.2 Å². The predicted octanol–water partition coefficient (Wildman–Crippen LogP) is 3.80. The molecule has 0 unspecified atom stereocenters. The standard InChI is InChI=1S/C33H33N7O4/c1-22-25(9-6-10-26(22)23-7-4-3-5-8-23)21-44-30-14-11-24(32(35-30)43-2)20-39-15-17-40(18-16-39)29-13-12-28(37-38-29)27-19-34-33(42)36-31(27)41/h3-14,19H,15-18,20-21H2,1-2H3,(H2,34,36,41,42). The Labute approximate surface area is 254 Å². The average molecular weight is 592 g/mol. The van der Waals surface area contributed by atoms with E-state index >= 15 is 0 Å². The van der Waals surface area contributed by atoms with Crippen molar-refractivity contribution >= 4 is 5.82 Å². The molecular formula is C33H33N7O4. The summed E-state index contributed by atoms with van der Waals surface area (Å²) in [6, 6.07) is 24.1. The lowest BCUT2D eigenvalue weighted by Crippen LogP contribution is -2.46. The number of piperazine rings is 1. The SMILES string of the molecule is COc1nc(OCc2cccc(-c3ccccc3)c2C)ccc1CN1CCN(c2ccc(-c3c[nH]c(=O)[nH]c3=O)nn2)CC1. The van der Waals surface area contributed by atoms with Gasteiger partial charge in [0, 0.05) is 50.6 Å². The van der Waals surface area contributed by atoms with Crippen molar-refractivity contribution in [2.45, 2.75) is 20.1 Å². The predicted molar refractivity (Wildman–Crippen MR) is 168 cm³/mol. The van der Waals surface area contributed by atoms with Crippen molar-refractivity contribution in [1.29, 1.82) is 0 Å². The minimum Gasteiger partial charge on any atom is -0.481 e. The summed E-state index contributed by atoms with van der Waals surface area (Å²) in [4.78, 5) is 37.2. The molecule has 0 saturated carbocycles. The summed E-state index contributed by atoms with van der Waals surface area (Å²) in [5.74, 6) is 1.81. The molecule has 11 nitrogen and oxygen atoms in total. The maximum Gasteiger partial charge on any atom is 0.325 e. The first-order valence-corrected chi connectivity index (χ1v) is 14.4. The molecule has 11 heteroatoms. The number of pyridine rings is 1. The maximum atomic E-state index is 12.1. The summed E-state index contributed by atoms with van der Waals surface area (Å²) in [7, 11) is 1.63. The minimum atomic E-state index is -0.560. The summed E-state index contributed by atoms with van der Waals surface area (Å²) >= 11 is 0. The molecule has 0 atom stereocenters. The second kappa shape index (κ2) is 12.9. The number of H-pyrrole nitrogens is 2. The van der Waals surface area contributed by atoms with Gasteiger partial charge in [-0.25, -0.2) is 4.79 Å². The Hall–Kier alpha value is -5.29. The van der Waals surface area contributed by atoms with E-state index < -0.39 is 11.2 Å². The van der Waals surface area contributed by atoms with Gasteiger partial charge in [0.15, 0.2) is 5.82 Å². The number of nitrogens with zero attached hydrogens (tertiary/aromatic N) is 5. The number of ether oxygens (including phenoxy) is 2. The van der Waals surface area contributed by atoms with E-state index in [-0.39, 0.29) is 5.56 Å². The van der Waals surface area contributed by atoms with Crippen LogP contribution >= 0.6 is 0 Å². The molecular weight excluding hydrogens is 558 g/mol. The highest BCUT2D eigenvalue weighted by atomic mass is 16.5. The topological polar surface area (TPSA) is 129 Å². The first kappa shape index (κ1) is 28.8. The molecule has 44 heavy (non-hydrogen) atoms. The van der Waals surface area contributed by atoms with E-state index in [2.05, 4.69) is 72.2 Å². The van der Waals surface area contributed by atoms with Crippen LogP contribution < -0.4 is 25.6 Å². The fourth-order valence-corrected chi connectivity index (χ4v) is 5.37. The molecule has 0 spiro atoms. The molecule has 1 aliphatic heterocycles. The summed E-state index contributed by atoms with van der Waals surface area (Å²) in [5.41, 5.74) is 5.26. The van der Waals surface area contributed by atoms with E-state index in [9.17, 15) is 9.59 Å². The smallest absolute Gasteiger partial charge is 0.325 e. The van der Waals surface area contributed by atoms with Gasteiger partial charge in [-0.2, -0.15) is 4.98 Å². The Morgan fingerprint density at radius 1 is 0.841 bits per heavy atom. The van der Waals surface area contributed by atoms with E-state index in [0.717, 1.165) is 43.1 Å². The van der Waals surface area contributed by atoms with Gasteiger partial charge < -0.3 is 19.4 Å². The van der Waals surface area contributed by atoms with Crippen LogP contribution in [0.5, 0.6) is 11.8 Å². The molecule has 2 N–H and O–H groups in total. The molecule has 2 aromatic carbocycles. The summed E-state index contributed by atoms with van der Waals surface area (Å²) in [5, 5.41) is 8.53. The van der Waals surface area contributed by atoms with Crippen molar-refractivity contribution in [3.8, 4) is 34.1 Å². The Balaban J connectivity index is 1.05. The Morgan fingerprint density at radius 2 is 1.66 bits per heavy atom. The molecule has 3 aromatic heterocycles. The second-order valence-electron chi connectivity index (χ2n) is 10.6. The molecule has 0 amide bonds. The lowest BCUT2D eigenvalue weighted by molar-refractivity contribution is 0.242. The van der Waals surface area contributed by atoms with Crippen LogP contribution in [0.15, 0.2) is 88.6 Å². The minimum absolute atomic E-state index is 0.264. The highest BCUT2D eigenvalue weighted by molar-refractivity contribution is 5.68. The number of methoxy groups -OCH3 is 1. The van der Waals surface area contributed by atoms with E-state index in [1.54, 1.807) is 13.2 Å². The highest BCUT2D eigenvalue weighted by Crippen LogP contribution is 2.27. The monoisotopic (exact) mass is 591 g/mol. The van der Waals surface area contributed by atoms with Gasteiger partial charge in [-0.15, -0.1) is 10.2 Å². The van der Waals surface area contributed by atoms with E-state index in [1.165, 1.54) is 22.9 Å². The molecule has 5 aromatic rings. The van der Waals surface area contributed by atoms with Gasteiger partial charge in [-0.3, -0.25) is 14.7 Å². The van der Waals surface area contributed by atoms with Gasteiger partial charge in [-0.05, 0) is 47.4 Å². The quantitative estimate of drug-likeness (QED) is 0.263. The van der Waals surface area contributed by atoms with Crippen LogP contribution in [0.25, 0.3) is 22.4 Å². The van der Waals surface area contributed by atoms with Crippen molar-refractivity contribution < 1.29 is 9.47 Å². The van der Waals surface area contributed by atoms with Crippen molar-refractivity contribution in [3.63, 3.8) is 0 Å². The number of hydrogen-bond acceptors (Lipinski definition) is 9. The average Bonchev–Trinajstić information content (AvgIpc) is 3.06. The van der Waals surface area contributed by atoms with Gasteiger partial charge in [0.05, 0.1) is 12.7 Å². The first-order valence-electron chi connectivity index (χ1n) is 14.4. The van der Waals surface area contributed by atoms with Crippen LogP contribution in [0.4, 0.5) is 5.82 Å². The molecule has 1 aliphatic rings. The lowest BCUT2D eigenvalue weighted by atomic mass is 9.97. The van der Waals surface area contributed by atoms with Gasteiger partial charge in [0.25, 0.3) is 5.56 Å². The van der Waals surface area contributed by atoms with Crippen LogP contribution in [0, 0.1) is 6.92 Å². The van der Waals surface area contributed by atoms with Crippen molar-refractivity contribution in [2.24, 2.45) is 0 Å². The van der Waals surface area contributed by atoms with Crippen LogP contribution in [0.2, 0.25) is 0 Å². The zero-order valence-corrected chi connectivity index (χ0v) is 24.6. The number of hydrogen-bond donors (Lipinski definition) is 2. The number of anilines is 1. The van der Waals surface area contributed by atoms with Crippen molar-refractivity contribution in [3.05, 3.63) is 117 Å². The fourth-order valence-electron chi connectivity index (χ4n) is 5.37. The fraction of sp³-hybridized carbons (Fsp3) is 0.242. The zero-order chi connectivity index (χ0) is 30.5. The molecule has 0 bridgehead atoms. The molecule has 6 rings (SSSR count). The number of rotatable bonds is 9. The van der Waals surface area contributed by atoms with Crippen molar-refractivity contribution in [1.82, 2.24) is 30.0 Å². The molecule has 1 saturated heterocycles. The number of nitrogens with one attached hydrogen (secondary N) is 2. The Bertz CT molecular complexity index is 1850. The third-order valence-corrected chi connectivity index (χ3v) is 7.85. The van der Waals surface area contributed by atoms with Crippen LogP contribution in [0.3, 0.4) is 0 Å². The molecule has 0 aliphatic carbocycles. The third kappa shape index (κ3) is 6.37. The van der Waals surface area contributed by atoms with Crippen molar-refractivity contribution in [2.75, 3.05) is 38.2 Å². The number of aromatic amines is 2. The van der Waals surface area contributed by atoms with Crippen LogP contribution in [0.1, 0.15) is 16.7 Å². The summed E-state index contributed by atoms with van der Waals surface area (Å²) < 4.78 is 11.7. The van der Waals surface area contributed by atoms with Gasteiger partial charge >= 0.3 is 5.69 Å². The largest absolute Gasteiger partial charge is 0.481 e. The van der Waals surface area contributed by atoms with E-state index in [1.807, 2.05) is 36.4 Å². The molecule has 1 fully saturated rings. The Morgan fingerprint density at radius 3 is 2.39 bits per heavy atom. The number of aromatic nitrogens is 5. The second-order valence-corrected chi connectivity index (χ2v) is 10.6. The van der Waals surface area contributed by atoms with Gasteiger partial charge in [0.2, 0.25) is 11.8 Å². The first-order chi connectivity index (χ1) is 21.5. The van der Waals surface area contributed by atoms with Gasteiger partial charge in [0.1, 0.15) is 12.3 Å². The van der Waals surface area contributed by atoms with Crippen LogP contribution in [-0.4, -0.2) is 63.3 Å². The Kier molecular flexibility index (Phi) is 8.46. The number of benzene rings is 2.